The molecular weight excluding hydrogens is 318 g/mol. The highest BCUT2D eigenvalue weighted by atomic mass is 28.4. The number of nitrogens with one attached hydrogen (secondary N) is 1. The number of carbonyl (C=O) groups is 1. The van der Waals surface area contributed by atoms with E-state index < -0.39 is 8.32 Å². The second-order valence-corrected chi connectivity index (χ2v) is 13.2. The smallest absolute Gasteiger partial charge is 0.221 e. The summed E-state index contributed by atoms with van der Waals surface area (Å²) in [4.78, 5) is 11.3. The molecule has 24 heavy (non-hydrogen) atoms. The van der Waals surface area contributed by atoms with E-state index in [4.69, 9.17) is 9.16 Å². The van der Waals surface area contributed by atoms with E-state index in [1.165, 1.54) is 6.92 Å². The summed E-state index contributed by atoms with van der Waals surface area (Å²) in [5, 5.41) is 2.85. The average Bonchev–Trinajstić information content (AvgIpc) is 2.39. The molecule has 1 amide bonds. The Balaban J connectivity index is 2.43. The molecular formula is C19H31NO3Si. The summed E-state index contributed by atoms with van der Waals surface area (Å²) in [6.07, 6.45) is -0.105. The topological polar surface area (TPSA) is 47.6 Å². The van der Waals surface area contributed by atoms with Gasteiger partial charge in [0.1, 0.15) is 11.7 Å². The minimum atomic E-state index is -1.78. The average molecular weight is 350 g/mol. The molecule has 1 heterocycles. The van der Waals surface area contributed by atoms with Crippen LogP contribution in [0.3, 0.4) is 0 Å². The van der Waals surface area contributed by atoms with Crippen molar-refractivity contribution in [2.75, 3.05) is 5.32 Å². The lowest BCUT2D eigenvalue weighted by Gasteiger charge is -2.62. The summed E-state index contributed by atoms with van der Waals surface area (Å²) in [6, 6.07) is 7.89. The Morgan fingerprint density at radius 2 is 1.92 bits per heavy atom. The predicted molar refractivity (Wildman–Crippen MR) is 101 cm³/mol. The normalized spacial score (nSPS) is 27.5. The summed E-state index contributed by atoms with van der Waals surface area (Å²) in [5.74, 6) is -0.0736. The quantitative estimate of drug-likeness (QED) is 0.799. The van der Waals surface area contributed by atoms with E-state index >= 15 is 0 Å². The Hall–Kier alpha value is -1.17. The van der Waals surface area contributed by atoms with E-state index in [1.54, 1.807) is 0 Å². The molecule has 2 rings (SSSR count). The summed E-state index contributed by atoms with van der Waals surface area (Å²) in [6.45, 7) is 16.9. The van der Waals surface area contributed by atoms with Gasteiger partial charge in [0.05, 0.1) is 6.10 Å². The maximum absolute atomic E-state index is 11.3. The van der Waals surface area contributed by atoms with Crippen molar-refractivity contribution < 1.29 is 14.0 Å². The zero-order valence-corrected chi connectivity index (χ0v) is 17.2. The standard InChI is InChI=1S/C19H31NO3Si/c1-13-19(18(3,4)5,23-24(6,7)8)17(22-13)15-10-9-11-16(12-15)20-14(2)21/h9-13,17H,1-8H3,(H,20,21)/t13-,17+,19+/m0/s1. The van der Waals surface area contributed by atoms with Crippen LogP contribution in [0.4, 0.5) is 5.69 Å². The van der Waals surface area contributed by atoms with Gasteiger partial charge in [0.2, 0.25) is 5.91 Å². The number of benzene rings is 1. The van der Waals surface area contributed by atoms with Crippen LogP contribution in [0.5, 0.6) is 0 Å². The lowest BCUT2D eigenvalue weighted by molar-refractivity contribution is -0.317. The van der Waals surface area contributed by atoms with Crippen molar-refractivity contribution in [1.82, 2.24) is 0 Å². The van der Waals surface area contributed by atoms with Gasteiger partial charge in [-0.15, -0.1) is 0 Å². The summed E-state index contributed by atoms with van der Waals surface area (Å²) in [7, 11) is -1.78. The van der Waals surface area contributed by atoms with Crippen molar-refractivity contribution in [3.63, 3.8) is 0 Å². The molecule has 1 saturated heterocycles. The molecule has 4 nitrogen and oxygen atoms in total. The number of hydrogen-bond donors (Lipinski definition) is 1. The third-order valence-electron chi connectivity index (χ3n) is 4.49. The van der Waals surface area contributed by atoms with Gasteiger partial charge in [-0.05, 0) is 49.7 Å². The van der Waals surface area contributed by atoms with Gasteiger partial charge in [0.25, 0.3) is 0 Å². The Morgan fingerprint density at radius 3 is 2.38 bits per heavy atom. The van der Waals surface area contributed by atoms with Crippen LogP contribution in [-0.2, 0) is 14.0 Å². The molecule has 0 aromatic heterocycles. The molecule has 134 valence electrons. The van der Waals surface area contributed by atoms with Crippen molar-refractivity contribution in [2.24, 2.45) is 5.41 Å². The molecule has 1 fully saturated rings. The highest BCUT2D eigenvalue weighted by molar-refractivity contribution is 6.69. The number of carbonyl (C=O) groups excluding carboxylic acids is 1. The predicted octanol–water partition coefficient (Wildman–Crippen LogP) is 4.74. The number of anilines is 1. The first-order valence-electron chi connectivity index (χ1n) is 8.60. The number of rotatable bonds is 4. The van der Waals surface area contributed by atoms with Gasteiger partial charge < -0.3 is 14.5 Å². The van der Waals surface area contributed by atoms with Crippen molar-refractivity contribution in [1.29, 1.82) is 0 Å². The summed E-state index contributed by atoms with van der Waals surface area (Å²) < 4.78 is 12.9. The van der Waals surface area contributed by atoms with Crippen molar-refractivity contribution in [3.05, 3.63) is 29.8 Å². The van der Waals surface area contributed by atoms with Gasteiger partial charge in [-0.1, -0.05) is 32.9 Å². The van der Waals surface area contributed by atoms with Crippen LogP contribution in [0.25, 0.3) is 0 Å². The maximum Gasteiger partial charge on any atom is 0.221 e. The molecule has 1 aromatic rings. The molecule has 0 spiro atoms. The van der Waals surface area contributed by atoms with Gasteiger partial charge in [0.15, 0.2) is 8.32 Å². The minimum absolute atomic E-state index is 0.0265. The van der Waals surface area contributed by atoms with Crippen LogP contribution in [0.1, 0.15) is 46.3 Å². The number of amides is 1. The largest absolute Gasteiger partial charge is 0.406 e. The SMILES string of the molecule is CC(=O)Nc1cccc([C@H]2O[C@@H](C)[C@]2(O[Si](C)(C)C)C(C)(C)C)c1. The van der Waals surface area contributed by atoms with Crippen LogP contribution in [-0.4, -0.2) is 25.9 Å². The lowest BCUT2D eigenvalue weighted by atomic mass is 9.65. The van der Waals surface area contributed by atoms with Crippen molar-refractivity contribution in [2.45, 2.75) is 72.1 Å². The fourth-order valence-corrected chi connectivity index (χ4v) is 5.25. The van der Waals surface area contributed by atoms with Crippen LogP contribution in [0.2, 0.25) is 19.6 Å². The van der Waals surface area contributed by atoms with Crippen LogP contribution in [0, 0.1) is 5.41 Å². The van der Waals surface area contributed by atoms with Gasteiger partial charge >= 0.3 is 0 Å². The Kier molecular flexibility index (Phi) is 5.01. The molecule has 1 aliphatic heterocycles. The summed E-state index contributed by atoms with van der Waals surface area (Å²) >= 11 is 0. The molecule has 5 heteroatoms. The molecule has 0 unspecified atom stereocenters. The first-order valence-corrected chi connectivity index (χ1v) is 12.0. The monoisotopic (exact) mass is 349 g/mol. The Labute approximate surface area is 147 Å². The second-order valence-electron chi connectivity index (χ2n) is 8.72. The van der Waals surface area contributed by atoms with Crippen molar-refractivity contribution in [3.8, 4) is 0 Å². The lowest BCUT2D eigenvalue weighted by Crippen LogP contribution is -2.69. The Morgan fingerprint density at radius 1 is 1.29 bits per heavy atom. The molecule has 0 radical (unpaired) electrons. The van der Waals surface area contributed by atoms with Crippen LogP contribution < -0.4 is 5.32 Å². The fourth-order valence-electron chi connectivity index (χ4n) is 3.66. The van der Waals surface area contributed by atoms with Gasteiger partial charge in [-0.25, -0.2) is 0 Å². The van der Waals surface area contributed by atoms with E-state index in [1.807, 2.05) is 18.2 Å². The van der Waals surface area contributed by atoms with E-state index in [9.17, 15) is 4.79 Å². The highest BCUT2D eigenvalue weighted by Crippen LogP contribution is 2.57. The molecule has 1 aromatic carbocycles. The molecule has 3 atom stereocenters. The van der Waals surface area contributed by atoms with Crippen LogP contribution >= 0.6 is 0 Å². The molecule has 1 N–H and O–H groups in total. The zero-order valence-electron chi connectivity index (χ0n) is 16.2. The maximum atomic E-state index is 11.3. The third-order valence-corrected chi connectivity index (χ3v) is 5.44. The van der Waals surface area contributed by atoms with E-state index in [-0.39, 0.29) is 29.1 Å². The first kappa shape index (κ1) is 19.2. The second kappa shape index (κ2) is 6.28. The number of ether oxygens (including phenoxy) is 1. The summed E-state index contributed by atoms with van der Waals surface area (Å²) in [5.41, 5.74) is 1.40. The molecule has 1 aliphatic rings. The fraction of sp³-hybridized carbons (Fsp3) is 0.632. The Bertz CT molecular complexity index is 618. The van der Waals surface area contributed by atoms with Gasteiger partial charge in [-0.2, -0.15) is 0 Å². The highest BCUT2D eigenvalue weighted by Gasteiger charge is 2.63. The van der Waals surface area contributed by atoms with Gasteiger partial charge in [0, 0.05) is 12.6 Å². The van der Waals surface area contributed by atoms with E-state index in [0.29, 0.717) is 0 Å². The molecule has 0 bridgehead atoms. The molecule has 0 aliphatic carbocycles. The first-order chi connectivity index (χ1) is 10.9. The van der Waals surface area contributed by atoms with Gasteiger partial charge in [-0.3, -0.25) is 4.79 Å². The van der Waals surface area contributed by atoms with E-state index in [2.05, 4.69) is 58.7 Å². The van der Waals surface area contributed by atoms with Crippen LogP contribution in [0.15, 0.2) is 24.3 Å². The zero-order chi connectivity index (χ0) is 18.3. The third kappa shape index (κ3) is 3.58. The minimum Gasteiger partial charge on any atom is -0.406 e. The number of hydrogen-bond acceptors (Lipinski definition) is 3. The van der Waals surface area contributed by atoms with E-state index in [0.717, 1.165) is 11.3 Å². The van der Waals surface area contributed by atoms with Crippen molar-refractivity contribution >= 4 is 19.9 Å². The molecule has 0 saturated carbocycles.